The molecule has 2 aliphatic heterocycles. The predicted octanol–water partition coefficient (Wildman–Crippen LogP) is 4.13. The van der Waals surface area contributed by atoms with Gasteiger partial charge in [-0.3, -0.25) is 4.79 Å². The van der Waals surface area contributed by atoms with E-state index < -0.39 is 5.60 Å². The molecule has 1 saturated carbocycles. The Morgan fingerprint density at radius 3 is 2.49 bits per heavy atom. The average Bonchev–Trinajstić information content (AvgIpc) is 3.73. The van der Waals surface area contributed by atoms with Crippen molar-refractivity contribution in [3.05, 3.63) is 76.5 Å². The van der Waals surface area contributed by atoms with Crippen LogP contribution in [0.3, 0.4) is 0 Å². The standard InChI is InChI=1S/C32H41N3O2/c1-5-6-9-23-12-13-24(26(20-23)31(14-15-31)22(2)3)30(36)35-18-16-32(17-19-35)27(21-33)29(34-4)25-10-7-8-11-28(25)37-32/h7-8,10-13,20-22H,5-6,9,14-19,33H2,1-4H3/p+1. The highest BCUT2D eigenvalue weighted by Crippen LogP contribution is 2.55. The van der Waals surface area contributed by atoms with Crippen LogP contribution in [0.4, 0.5) is 0 Å². The third-order valence-electron chi connectivity index (χ3n) is 9.06. The van der Waals surface area contributed by atoms with Crippen LogP contribution >= 0.6 is 0 Å². The highest BCUT2D eigenvalue weighted by atomic mass is 16.5. The van der Waals surface area contributed by atoms with Crippen LogP contribution in [-0.2, 0) is 11.8 Å². The highest BCUT2D eigenvalue weighted by Gasteiger charge is 2.51. The molecule has 1 saturated heterocycles. The van der Waals surface area contributed by atoms with Gasteiger partial charge in [0.15, 0.2) is 0 Å². The molecule has 2 aromatic carbocycles. The van der Waals surface area contributed by atoms with Crippen LogP contribution in [0.2, 0.25) is 0 Å². The number of hydrogen-bond donors (Lipinski definition) is 2. The molecular formula is C32H42N3O2+. The Labute approximate surface area is 221 Å². The maximum atomic E-state index is 14.0. The van der Waals surface area contributed by atoms with Crippen molar-refractivity contribution >= 4 is 11.6 Å². The van der Waals surface area contributed by atoms with E-state index in [1.54, 1.807) is 6.20 Å². The van der Waals surface area contributed by atoms with Crippen molar-refractivity contribution in [2.45, 2.75) is 76.7 Å². The number of fused-ring (bicyclic) bond motifs is 1. The lowest BCUT2D eigenvalue weighted by Crippen LogP contribution is -2.72. The largest absolute Gasteiger partial charge is 0.481 e. The van der Waals surface area contributed by atoms with Crippen LogP contribution in [0.25, 0.3) is 0 Å². The Morgan fingerprint density at radius 2 is 1.86 bits per heavy atom. The van der Waals surface area contributed by atoms with Gasteiger partial charge in [-0.15, -0.1) is 0 Å². The predicted molar refractivity (Wildman–Crippen MR) is 149 cm³/mol. The fraction of sp³-hybridized carbons (Fsp3) is 0.500. The molecule has 0 radical (unpaired) electrons. The van der Waals surface area contributed by atoms with Crippen LogP contribution in [-0.4, -0.2) is 42.3 Å². The number of benzene rings is 2. The summed E-state index contributed by atoms with van der Waals surface area (Å²) in [6, 6.07) is 14.7. The van der Waals surface area contributed by atoms with Crippen molar-refractivity contribution < 1.29 is 14.5 Å². The van der Waals surface area contributed by atoms with E-state index >= 15 is 0 Å². The van der Waals surface area contributed by atoms with Gasteiger partial charge in [0.05, 0.1) is 11.1 Å². The third kappa shape index (κ3) is 4.36. The Bertz CT molecular complexity index is 1230. The van der Waals surface area contributed by atoms with Crippen molar-refractivity contribution in [1.82, 2.24) is 4.90 Å². The summed E-state index contributed by atoms with van der Waals surface area (Å²) in [5, 5.41) is 0. The lowest BCUT2D eigenvalue weighted by Gasteiger charge is -2.45. The van der Waals surface area contributed by atoms with E-state index in [-0.39, 0.29) is 11.3 Å². The van der Waals surface area contributed by atoms with E-state index in [1.807, 2.05) is 30.1 Å². The maximum Gasteiger partial charge on any atom is 0.254 e. The summed E-state index contributed by atoms with van der Waals surface area (Å²) in [5.41, 5.74) is 12.4. The zero-order valence-corrected chi connectivity index (χ0v) is 22.9. The van der Waals surface area contributed by atoms with Crippen LogP contribution in [0.15, 0.2) is 54.2 Å². The number of unbranched alkanes of at least 4 members (excludes halogenated alkanes) is 1. The number of amides is 1. The first kappa shape index (κ1) is 25.6. The van der Waals surface area contributed by atoms with Crippen molar-refractivity contribution in [3.8, 4) is 5.75 Å². The molecule has 2 heterocycles. The molecule has 0 bridgehead atoms. The number of rotatable bonds is 6. The first-order valence-corrected chi connectivity index (χ1v) is 14.1. The fourth-order valence-electron chi connectivity index (χ4n) is 6.54. The molecule has 0 unspecified atom stereocenters. The summed E-state index contributed by atoms with van der Waals surface area (Å²) in [4.78, 5) is 19.4. The summed E-state index contributed by atoms with van der Waals surface area (Å²) in [7, 11) is 1.93. The van der Waals surface area contributed by atoms with Gasteiger partial charge < -0.3 is 15.4 Å². The van der Waals surface area contributed by atoms with Gasteiger partial charge in [-0.2, -0.15) is 0 Å². The summed E-state index contributed by atoms with van der Waals surface area (Å²) in [6.07, 6.45) is 8.89. The lowest BCUT2D eigenvalue weighted by molar-refractivity contribution is -0.419. The Balaban J connectivity index is 1.41. The number of piperidine rings is 1. The van der Waals surface area contributed by atoms with Crippen LogP contribution in [0, 0.1) is 5.92 Å². The smallest absolute Gasteiger partial charge is 0.254 e. The summed E-state index contributed by atoms with van der Waals surface area (Å²) in [6.45, 7) is 8.12. The van der Waals surface area contributed by atoms with E-state index in [9.17, 15) is 4.79 Å². The van der Waals surface area contributed by atoms with Gasteiger partial charge in [0.2, 0.25) is 5.71 Å². The van der Waals surface area contributed by atoms with Gasteiger partial charge in [0, 0.05) is 37.7 Å². The molecule has 1 aliphatic carbocycles. The molecule has 2 fully saturated rings. The van der Waals surface area contributed by atoms with Crippen molar-refractivity contribution in [2.24, 2.45) is 11.7 Å². The van der Waals surface area contributed by atoms with Crippen molar-refractivity contribution in [3.63, 3.8) is 0 Å². The van der Waals surface area contributed by atoms with Gasteiger partial charge in [-0.05, 0) is 66.3 Å². The minimum absolute atomic E-state index is 0.145. The van der Waals surface area contributed by atoms with Crippen LogP contribution < -0.4 is 15.5 Å². The van der Waals surface area contributed by atoms with E-state index in [0.29, 0.717) is 31.8 Å². The van der Waals surface area contributed by atoms with E-state index in [2.05, 4.69) is 50.0 Å². The van der Waals surface area contributed by atoms with E-state index in [1.165, 1.54) is 36.8 Å². The number of likely N-dealkylation sites (tertiary alicyclic amines) is 1. The molecule has 196 valence electrons. The van der Waals surface area contributed by atoms with E-state index in [0.717, 1.165) is 34.6 Å². The number of nitrogens with zero attached hydrogens (tertiary/aromatic N) is 1. The molecule has 0 aromatic heterocycles. The second-order valence-electron chi connectivity index (χ2n) is 11.4. The number of para-hydroxylation sites is 1. The molecule has 1 spiro atoms. The third-order valence-corrected chi connectivity index (χ3v) is 9.06. The molecule has 5 nitrogen and oxygen atoms in total. The van der Waals surface area contributed by atoms with Gasteiger partial charge in [-0.25, -0.2) is 4.99 Å². The molecule has 2 aromatic rings. The van der Waals surface area contributed by atoms with Crippen molar-refractivity contribution in [1.29, 1.82) is 0 Å². The Hall–Kier alpha value is -3.08. The molecule has 5 rings (SSSR count). The van der Waals surface area contributed by atoms with Gasteiger partial charge in [-0.1, -0.05) is 51.5 Å². The zero-order valence-electron chi connectivity index (χ0n) is 22.9. The van der Waals surface area contributed by atoms with Gasteiger partial charge in [0.25, 0.3) is 5.91 Å². The number of ether oxygens (including phenoxy) is 1. The second-order valence-corrected chi connectivity index (χ2v) is 11.4. The zero-order chi connectivity index (χ0) is 26.2. The molecule has 37 heavy (non-hydrogen) atoms. The van der Waals surface area contributed by atoms with Crippen LogP contribution in [0.1, 0.15) is 86.3 Å². The number of carbonyl (C=O) groups is 1. The molecule has 0 atom stereocenters. The first-order chi connectivity index (χ1) is 17.9. The van der Waals surface area contributed by atoms with E-state index in [4.69, 9.17) is 10.5 Å². The quantitative estimate of drug-likeness (QED) is 0.627. The number of carbonyl (C=O) groups excluding carboxylic acids is 1. The maximum absolute atomic E-state index is 14.0. The summed E-state index contributed by atoms with van der Waals surface area (Å²) >= 11 is 0. The topological polar surface area (TPSA) is 69.5 Å². The number of aryl methyl sites for hydroxylation is 1. The second kappa shape index (κ2) is 10.00. The SMILES string of the molecule is CCCCc1ccc(C(=O)N2CCC3(CC2)Oc2ccccc2C(=[NH+]C)C3=CN)c(C2(C(C)C)CC2)c1. The Morgan fingerprint density at radius 1 is 1.14 bits per heavy atom. The fourth-order valence-corrected chi connectivity index (χ4v) is 6.54. The lowest BCUT2D eigenvalue weighted by atomic mass is 9.77. The molecule has 1 amide bonds. The normalized spacial score (nSPS) is 21.8. The monoisotopic (exact) mass is 500 g/mol. The minimum atomic E-state index is -0.527. The van der Waals surface area contributed by atoms with Gasteiger partial charge in [0.1, 0.15) is 18.4 Å². The number of hydrogen-bond acceptors (Lipinski definition) is 3. The summed E-state index contributed by atoms with van der Waals surface area (Å²) in [5.74, 6) is 1.55. The summed E-state index contributed by atoms with van der Waals surface area (Å²) < 4.78 is 6.66. The number of nitrogens with one attached hydrogen (secondary N) is 1. The Kier molecular flexibility index (Phi) is 6.91. The van der Waals surface area contributed by atoms with Crippen LogP contribution in [0.5, 0.6) is 5.75 Å². The highest BCUT2D eigenvalue weighted by molar-refractivity contribution is 6.13. The number of nitrogens with two attached hydrogens (primary N) is 1. The minimum Gasteiger partial charge on any atom is -0.481 e. The first-order valence-electron chi connectivity index (χ1n) is 14.1. The molecule has 3 N–H and O–H groups in total. The molecular weight excluding hydrogens is 458 g/mol. The average molecular weight is 501 g/mol. The van der Waals surface area contributed by atoms with Gasteiger partial charge >= 0.3 is 0 Å². The molecule has 5 heteroatoms. The molecule has 3 aliphatic rings. The van der Waals surface area contributed by atoms with Crippen molar-refractivity contribution in [2.75, 3.05) is 20.1 Å².